The summed E-state index contributed by atoms with van der Waals surface area (Å²) in [5, 5.41) is 2.81. The van der Waals surface area contributed by atoms with Crippen LogP contribution in [0.5, 0.6) is 0 Å². The first-order chi connectivity index (χ1) is 17.3. The average molecular weight is 484 g/mol. The predicted octanol–water partition coefficient (Wildman–Crippen LogP) is 5.68. The third-order valence-electron chi connectivity index (χ3n) is 7.08. The van der Waals surface area contributed by atoms with Gasteiger partial charge in [0, 0.05) is 12.2 Å². The highest BCUT2D eigenvalue weighted by Gasteiger charge is 2.43. The lowest BCUT2D eigenvalue weighted by Gasteiger charge is -2.18. The molecule has 0 aliphatic carbocycles. The highest BCUT2D eigenvalue weighted by atomic mass is 19.1. The van der Waals surface area contributed by atoms with Gasteiger partial charge in [-0.1, -0.05) is 24.3 Å². The zero-order valence-corrected chi connectivity index (χ0v) is 19.7. The van der Waals surface area contributed by atoms with Crippen LogP contribution in [0.3, 0.4) is 0 Å². The fourth-order valence-corrected chi connectivity index (χ4v) is 5.28. The first-order valence-corrected chi connectivity index (χ1v) is 11.7. The molecule has 0 fully saturated rings. The molecule has 2 aliphatic rings. The number of carbonyl (C=O) groups is 1. The first kappa shape index (κ1) is 22.4. The molecule has 5 nitrogen and oxygen atoms in total. The van der Waals surface area contributed by atoms with Gasteiger partial charge in [0.15, 0.2) is 0 Å². The highest BCUT2D eigenvalue weighted by molar-refractivity contribution is 5.95. The van der Waals surface area contributed by atoms with E-state index in [0.717, 1.165) is 50.2 Å². The van der Waals surface area contributed by atoms with Gasteiger partial charge in [0.1, 0.15) is 29.7 Å². The van der Waals surface area contributed by atoms with Crippen molar-refractivity contribution in [3.63, 3.8) is 0 Å². The molecule has 1 aromatic heterocycles. The summed E-state index contributed by atoms with van der Waals surface area (Å²) in [5.74, 6) is -0.963. The van der Waals surface area contributed by atoms with Gasteiger partial charge in [0.25, 0.3) is 5.91 Å². The van der Waals surface area contributed by atoms with E-state index in [9.17, 15) is 9.18 Å². The molecule has 2 atom stereocenters. The van der Waals surface area contributed by atoms with Crippen molar-refractivity contribution in [3.8, 4) is 11.1 Å². The maximum atomic E-state index is 15.1. The number of hydrogen-bond acceptors (Lipinski definition) is 4. The van der Waals surface area contributed by atoms with E-state index >= 15 is 4.39 Å². The molecule has 3 aromatic carbocycles. The Morgan fingerprint density at radius 3 is 2.33 bits per heavy atom. The number of nitrogens with zero attached hydrogens (tertiary/aromatic N) is 1. The summed E-state index contributed by atoms with van der Waals surface area (Å²) in [4.78, 5) is 17.2. The number of aryl methyl sites for hydroxylation is 2. The summed E-state index contributed by atoms with van der Waals surface area (Å²) in [6, 6.07) is 17.0. The first-order valence-electron chi connectivity index (χ1n) is 11.7. The maximum Gasteiger partial charge on any atom is 0.254 e. The normalized spacial score (nSPS) is 17.1. The third kappa shape index (κ3) is 3.55. The summed E-state index contributed by atoms with van der Waals surface area (Å²) < 4.78 is 34.7. The Balaban J connectivity index is 1.27. The zero-order chi connectivity index (χ0) is 25.1. The van der Waals surface area contributed by atoms with E-state index in [-0.39, 0.29) is 24.0 Å². The number of aromatic nitrogens is 1. The lowest BCUT2D eigenvalue weighted by Crippen LogP contribution is -2.25. The summed E-state index contributed by atoms with van der Waals surface area (Å²) >= 11 is 0. The SMILES string of the molecule is Cc1cc(N)nc(C)c1CNC(=O)c1cc2c(cc1F)C1OC2c2ccc(-c3ccc(F)cc3)cc21. The van der Waals surface area contributed by atoms with Crippen molar-refractivity contribution in [2.75, 3.05) is 5.73 Å². The number of fused-ring (bicyclic) bond motifs is 8. The van der Waals surface area contributed by atoms with Crippen LogP contribution < -0.4 is 11.1 Å². The maximum absolute atomic E-state index is 15.1. The highest BCUT2D eigenvalue weighted by Crippen LogP contribution is 2.55. The Kier molecular flexibility index (Phi) is 5.12. The van der Waals surface area contributed by atoms with Crippen molar-refractivity contribution in [2.45, 2.75) is 32.6 Å². The Labute approximate surface area is 206 Å². The Hall–Kier alpha value is -4.10. The van der Waals surface area contributed by atoms with Crippen molar-refractivity contribution in [3.05, 3.63) is 117 Å². The van der Waals surface area contributed by atoms with Crippen LogP contribution in [0.1, 0.15) is 61.6 Å². The molecule has 7 heteroatoms. The molecule has 3 N–H and O–H groups in total. The minimum atomic E-state index is -0.595. The molecule has 2 aliphatic heterocycles. The summed E-state index contributed by atoms with van der Waals surface area (Å²) in [7, 11) is 0. The van der Waals surface area contributed by atoms with E-state index in [1.54, 1.807) is 24.3 Å². The number of amides is 1. The molecular formula is C29H23F2N3O2. The van der Waals surface area contributed by atoms with E-state index in [2.05, 4.69) is 10.3 Å². The second kappa shape index (κ2) is 8.24. The van der Waals surface area contributed by atoms with Crippen LogP contribution in [0, 0.1) is 25.5 Å². The Morgan fingerprint density at radius 1 is 0.917 bits per heavy atom. The van der Waals surface area contributed by atoms with Crippen LogP contribution in [0.4, 0.5) is 14.6 Å². The molecule has 2 bridgehead atoms. The lowest BCUT2D eigenvalue weighted by atomic mass is 9.83. The number of rotatable bonds is 4. The number of nitrogen functional groups attached to an aromatic ring is 1. The van der Waals surface area contributed by atoms with Gasteiger partial charge in [0.05, 0.1) is 5.56 Å². The topological polar surface area (TPSA) is 77.2 Å². The van der Waals surface area contributed by atoms with E-state index in [1.165, 1.54) is 18.2 Å². The van der Waals surface area contributed by atoms with Crippen molar-refractivity contribution in [1.82, 2.24) is 10.3 Å². The molecule has 0 saturated heterocycles. The molecule has 2 unspecified atom stereocenters. The van der Waals surface area contributed by atoms with Crippen LogP contribution in [0.15, 0.2) is 60.7 Å². The second-order valence-electron chi connectivity index (χ2n) is 9.32. The molecule has 180 valence electrons. The number of halogens is 2. The van der Waals surface area contributed by atoms with Gasteiger partial charge < -0.3 is 15.8 Å². The summed E-state index contributed by atoms with van der Waals surface area (Å²) in [6.45, 7) is 3.95. The van der Waals surface area contributed by atoms with Crippen LogP contribution in [-0.4, -0.2) is 10.9 Å². The molecule has 0 radical (unpaired) electrons. The predicted molar refractivity (Wildman–Crippen MR) is 132 cm³/mol. The van der Waals surface area contributed by atoms with Crippen LogP contribution >= 0.6 is 0 Å². The Bertz CT molecular complexity index is 1530. The standard InChI is InChI=1S/C29H23F2N3O2/c1-14-9-26(32)34-15(2)24(14)13-33-29(35)23-11-21-22(12-25(23)31)28-20-10-17(5-8-19(20)27(21)36-28)16-3-6-18(30)7-4-16/h3-12,27-28H,13H2,1-2H3,(H2,32,34)(H,33,35). The van der Waals surface area contributed by atoms with Gasteiger partial charge in [0.2, 0.25) is 0 Å². The lowest BCUT2D eigenvalue weighted by molar-refractivity contribution is 0.0857. The van der Waals surface area contributed by atoms with Gasteiger partial charge in [-0.25, -0.2) is 13.8 Å². The fourth-order valence-electron chi connectivity index (χ4n) is 5.28. The number of carbonyl (C=O) groups excluding carboxylic acids is 1. The van der Waals surface area contributed by atoms with E-state index in [0.29, 0.717) is 5.82 Å². The number of anilines is 1. The fraction of sp³-hybridized carbons (Fsp3) is 0.172. The van der Waals surface area contributed by atoms with Crippen molar-refractivity contribution < 1.29 is 18.3 Å². The molecule has 1 amide bonds. The molecule has 3 heterocycles. The molecule has 0 saturated carbocycles. The minimum absolute atomic E-state index is 0.0203. The quantitative estimate of drug-likeness (QED) is 0.392. The van der Waals surface area contributed by atoms with Gasteiger partial charge in [-0.2, -0.15) is 0 Å². The van der Waals surface area contributed by atoms with Gasteiger partial charge >= 0.3 is 0 Å². The Morgan fingerprint density at radius 2 is 1.58 bits per heavy atom. The molecule has 4 aromatic rings. The number of hydrogen-bond donors (Lipinski definition) is 2. The largest absolute Gasteiger partial charge is 0.384 e. The van der Waals surface area contributed by atoms with Crippen molar-refractivity contribution in [1.29, 1.82) is 0 Å². The molecule has 0 spiro atoms. The summed E-state index contributed by atoms with van der Waals surface area (Å²) in [5.41, 5.74) is 13.6. The minimum Gasteiger partial charge on any atom is -0.384 e. The van der Waals surface area contributed by atoms with E-state index in [4.69, 9.17) is 10.5 Å². The van der Waals surface area contributed by atoms with Gasteiger partial charge in [-0.05, 0) is 94.8 Å². The average Bonchev–Trinajstić information content (AvgIpc) is 3.39. The van der Waals surface area contributed by atoms with E-state index < -0.39 is 17.8 Å². The third-order valence-corrected chi connectivity index (χ3v) is 7.08. The monoisotopic (exact) mass is 483 g/mol. The molecule has 6 rings (SSSR count). The molecule has 36 heavy (non-hydrogen) atoms. The number of benzene rings is 3. The summed E-state index contributed by atoms with van der Waals surface area (Å²) in [6.07, 6.45) is -0.765. The van der Waals surface area contributed by atoms with Gasteiger partial charge in [-0.15, -0.1) is 0 Å². The van der Waals surface area contributed by atoms with Crippen LogP contribution in [0.25, 0.3) is 11.1 Å². The number of ether oxygens (including phenoxy) is 1. The van der Waals surface area contributed by atoms with Crippen LogP contribution in [0.2, 0.25) is 0 Å². The second-order valence-corrected chi connectivity index (χ2v) is 9.32. The number of nitrogens with two attached hydrogens (primary N) is 1. The zero-order valence-electron chi connectivity index (χ0n) is 19.7. The molecular weight excluding hydrogens is 460 g/mol. The van der Waals surface area contributed by atoms with Crippen molar-refractivity contribution >= 4 is 11.7 Å². The van der Waals surface area contributed by atoms with Gasteiger partial charge in [-0.3, -0.25) is 4.79 Å². The van der Waals surface area contributed by atoms with Crippen LogP contribution in [-0.2, 0) is 11.3 Å². The number of pyridine rings is 1. The smallest absolute Gasteiger partial charge is 0.254 e. The van der Waals surface area contributed by atoms with E-state index in [1.807, 2.05) is 32.0 Å². The number of nitrogens with one attached hydrogen (secondary N) is 1. The van der Waals surface area contributed by atoms with Crippen molar-refractivity contribution in [2.24, 2.45) is 0 Å².